The molecule has 4 unspecified atom stereocenters. The number of nitrogens with one attached hydrogen (secondary N) is 1. The van der Waals surface area contributed by atoms with E-state index in [0.717, 1.165) is 45.7 Å². The third kappa shape index (κ3) is 5.52. The Balaban J connectivity index is 1.40. The van der Waals surface area contributed by atoms with Gasteiger partial charge in [0.05, 0.1) is 36.7 Å². The van der Waals surface area contributed by atoms with Gasteiger partial charge in [-0.2, -0.15) is 0 Å². The highest BCUT2D eigenvalue weighted by molar-refractivity contribution is 5.93. The molecule has 216 valence electrons. The number of benzene rings is 1. The molecule has 2 aliphatic rings. The fourth-order valence-electron chi connectivity index (χ4n) is 5.79. The van der Waals surface area contributed by atoms with Gasteiger partial charge >= 0.3 is 5.97 Å². The van der Waals surface area contributed by atoms with Crippen LogP contribution in [0.5, 0.6) is 11.5 Å². The third-order valence-corrected chi connectivity index (χ3v) is 8.33. The molecule has 1 aromatic carbocycles. The fourth-order valence-corrected chi connectivity index (χ4v) is 5.79. The first-order valence-electron chi connectivity index (χ1n) is 14.4. The smallest absolute Gasteiger partial charge is 0.332 e. The van der Waals surface area contributed by atoms with Gasteiger partial charge in [-0.05, 0) is 69.7 Å². The number of hydrogen-bond donors (Lipinski definition) is 1. The van der Waals surface area contributed by atoms with Crippen molar-refractivity contribution in [2.24, 2.45) is 11.8 Å². The number of aromatic nitrogens is 2. The molecular formula is C33H39N3O5. The minimum absolute atomic E-state index is 0.108. The molecule has 2 aliphatic carbocycles. The van der Waals surface area contributed by atoms with Gasteiger partial charge in [-0.3, -0.25) is 9.78 Å². The van der Waals surface area contributed by atoms with E-state index in [9.17, 15) is 9.59 Å². The Kier molecular flexibility index (Phi) is 8.02. The van der Waals surface area contributed by atoms with Crippen molar-refractivity contribution in [2.75, 3.05) is 13.7 Å². The van der Waals surface area contributed by atoms with Crippen molar-refractivity contribution in [3.8, 4) is 22.9 Å². The minimum atomic E-state index is -0.988. The summed E-state index contributed by atoms with van der Waals surface area (Å²) in [7, 11) is 1.65. The number of hydrogen-bond acceptors (Lipinski definition) is 7. The van der Waals surface area contributed by atoms with Crippen LogP contribution in [-0.2, 0) is 14.3 Å². The molecule has 2 saturated carbocycles. The van der Waals surface area contributed by atoms with Crippen LogP contribution in [-0.4, -0.2) is 47.2 Å². The lowest BCUT2D eigenvalue weighted by molar-refractivity contribution is -0.149. The van der Waals surface area contributed by atoms with Gasteiger partial charge in [-0.25, -0.2) is 9.78 Å². The van der Waals surface area contributed by atoms with E-state index in [1.54, 1.807) is 20.1 Å². The van der Waals surface area contributed by atoms with E-state index in [4.69, 9.17) is 24.2 Å². The zero-order valence-electron chi connectivity index (χ0n) is 24.5. The van der Waals surface area contributed by atoms with Crippen molar-refractivity contribution in [3.63, 3.8) is 0 Å². The van der Waals surface area contributed by atoms with Gasteiger partial charge in [0.25, 0.3) is 0 Å². The van der Waals surface area contributed by atoms with Gasteiger partial charge in [0, 0.05) is 34.5 Å². The third-order valence-electron chi connectivity index (χ3n) is 8.33. The second-order valence-corrected chi connectivity index (χ2v) is 11.4. The molecule has 2 aromatic heterocycles. The average molecular weight is 558 g/mol. The fraction of sp³-hybridized carbons (Fsp3) is 0.455. The summed E-state index contributed by atoms with van der Waals surface area (Å²) in [4.78, 5) is 35.8. The molecule has 0 radical (unpaired) electrons. The molecule has 41 heavy (non-hydrogen) atoms. The quantitative estimate of drug-likeness (QED) is 0.244. The Labute approximate surface area is 241 Å². The number of nitrogens with zero attached hydrogens (tertiary/aromatic N) is 2. The van der Waals surface area contributed by atoms with E-state index < -0.39 is 5.54 Å². The van der Waals surface area contributed by atoms with E-state index >= 15 is 0 Å². The van der Waals surface area contributed by atoms with Gasteiger partial charge in [-0.15, -0.1) is 6.58 Å². The largest absolute Gasteiger partial charge is 0.496 e. The lowest BCUT2D eigenvalue weighted by Crippen LogP contribution is -2.47. The highest BCUT2D eigenvalue weighted by Crippen LogP contribution is 2.46. The molecule has 0 saturated heterocycles. The Morgan fingerprint density at radius 2 is 1.95 bits per heavy atom. The zero-order valence-corrected chi connectivity index (χ0v) is 24.5. The number of pyridine rings is 2. The van der Waals surface area contributed by atoms with Crippen LogP contribution in [0.1, 0.15) is 63.6 Å². The van der Waals surface area contributed by atoms with Crippen LogP contribution in [0.15, 0.2) is 49.1 Å². The summed E-state index contributed by atoms with van der Waals surface area (Å²) < 4.78 is 17.4. The molecule has 3 aromatic rings. The standard InChI is InChI=1S/C33H39N3O5/c1-7-22-18-33(22,32(38)40-8-2)36-31(37)21-12-13-23(16-21)41-29-17-27(26-11-9-10-25(34-26)19(3)4)35-30-20(5)28(39-6)15-14-24(29)30/h7,9-11,14-15,17,19,21-23H,1,8,12-13,16,18H2,2-6H3,(H,36,37). The molecule has 2 fully saturated rings. The average Bonchev–Trinajstić information content (AvgIpc) is 3.49. The van der Waals surface area contributed by atoms with E-state index in [1.165, 1.54) is 0 Å². The van der Waals surface area contributed by atoms with Crippen molar-refractivity contribution >= 4 is 22.8 Å². The summed E-state index contributed by atoms with van der Waals surface area (Å²) in [5, 5.41) is 3.88. The van der Waals surface area contributed by atoms with Crippen LogP contribution in [0, 0.1) is 18.8 Å². The second kappa shape index (κ2) is 11.5. The first kappa shape index (κ1) is 28.6. The normalized spacial score (nSPS) is 23.3. The van der Waals surface area contributed by atoms with E-state index in [2.05, 4.69) is 25.7 Å². The number of aryl methyl sites for hydroxylation is 1. The SMILES string of the molecule is C=CC1CC1(NC(=O)C1CCC(Oc2cc(-c3cccc(C(C)C)n3)nc3c(C)c(OC)ccc23)C1)C(=O)OCC. The number of rotatable bonds is 10. The number of carbonyl (C=O) groups excluding carboxylic acids is 2. The summed E-state index contributed by atoms with van der Waals surface area (Å²) in [6.45, 7) is 12.1. The summed E-state index contributed by atoms with van der Waals surface area (Å²) in [5.41, 5.74) is 3.22. The van der Waals surface area contributed by atoms with Crippen LogP contribution < -0.4 is 14.8 Å². The Morgan fingerprint density at radius 1 is 1.15 bits per heavy atom. The van der Waals surface area contributed by atoms with Gasteiger partial charge in [0.2, 0.25) is 5.91 Å². The van der Waals surface area contributed by atoms with Crippen LogP contribution in [0.2, 0.25) is 0 Å². The Hall–Kier alpha value is -3.94. The van der Waals surface area contributed by atoms with Gasteiger partial charge in [0.15, 0.2) is 0 Å². The molecule has 5 rings (SSSR count). The van der Waals surface area contributed by atoms with Crippen molar-refractivity contribution in [1.82, 2.24) is 15.3 Å². The van der Waals surface area contributed by atoms with E-state index in [1.807, 2.05) is 43.3 Å². The zero-order chi connectivity index (χ0) is 29.3. The Bertz CT molecular complexity index is 1490. The molecule has 1 N–H and O–H groups in total. The van der Waals surface area contributed by atoms with Crippen molar-refractivity contribution < 1.29 is 23.8 Å². The van der Waals surface area contributed by atoms with Crippen LogP contribution >= 0.6 is 0 Å². The minimum Gasteiger partial charge on any atom is -0.496 e. The Morgan fingerprint density at radius 3 is 2.63 bits per heavy atom. The highest BCUT2D eigenvalue weighted by atomic mass is 16.5. The number of ether oxygens (including phenoxy) is 3. The van der Waals surface area contributed by atoms with Gasteiger partial charge in [-0.1, -0.05) is 26.0 Å². The summed E-state index contributed by atoms with van der Waals surface area (Å²) in [6.07, 6.45) is 4.04. The van der Waals surface area contributed by atoms with Gasteiger partial charge in [0.1, 0.15) is 17.0 Å². The van der Waals surface area contributed by atoms with Crippen molar-refractivity contribution in [2.45, 2.75) is 70.9 Å². The first-order valence-corrected chi connectivity index (χ1v) is 14.4. The van der Waals surface area contributed by atoms with Crippen LogP contribution in [0.25, 0.3) is 22.3 Å². The van der Waals surface area contributed by atoms with Crippen molar-refractivity contribution in [3.05, 3.63) is 60.3 Å². The summed E-state index contributed by atoms with van der Waals surface area (Å²) in [5.74, 6) is 0.859. The first-order chi connectivity index (χ1) is 19.7. The summed E-state index contributed by atoms with van der Waals surface area (Å²) in [6, 6.07) is 11.8. The molecule has 8 nitrogen and oxygen atoms in total. The molecule has 8 heteroatoms. The van der Waals surface area contributed by atoms with Crippen molar-refractivity contribution in [1.29, 1.82) is 0 Å². The molecule has 2 heterocycles. The number of fused-ring (bicyclic) bond motifs is 1. The maximum Gasteiger partial charge on any atom is 0.332 e. The lowest BCUT2D eigenvalue weighted by atomic mass is 10.1. The molecule has 1 amide bonds. The molecule has 4 atom stereocenters. The topological polar surface area (TPSA) is 99.6 Å². The molecule has 0 spiro atoms. The molecule has 0 bridgehead atoms. The van der Waals surface area contributed by atoms with E-state index in [0.29, 0.717) is 25.0 Å². The number of carbonyl (C=O) groups is 2. The summed E-state index contributed by atoms with van der Waals surface area (Å²) >= 11 is 0. The predicted molar refractivity (Wildman–Crippen MR) is 158 cm³/mol. The molecular weight excluding hydrogens is 518 g/mol. The van der Waals surface area contributed by atoms with Gasteiger partial charge < -0.3 is 19.5 Å². The van der Waals surface area contributed by atoms with E-state index in [-0.39, 0.29) is 42.3 Å². The van der Waals surface area contributed by atoms with Crippen LogP contribution in [0.3, 0.4) is 0 Å². The number of amides is 1. The highest BCUT2D eigenvalue weighted by Gasteiger charge is 2.61. The maximum absolute atomic E-state index is 13.3. The number of esters is 1. The number of methoxy groups -OCH3 is 1. The lowest BCUT2D eigenvalue weighted by Gasteiger charge is -2.20. The van der Waals surface area contributed by atoms with Crippen LogP contribution in [0.4, 0.5) is 0 Å². The molecule has 0 aliphatic heterocycles. The second-order valence-electron chi connectivity index (χ2n) is 11.4. The predicted octanol–water partition coefficient (Wildman–Crippen LogP) is 5.91. The monoisotopic (exact) mass is 557 g/mol. The maximum atomic E-state index is 13.3.